The molecular formula is C7H20N4O4. The summed E-state index contributed by atoms with van der Waals surface area (Å²) in [4.78, 5) is 9.55. The molecule has 0 aromatic heterocycles. The molecule has 15 heavy (non-hydrogen) atoms. The van der Waals surface area contributed by atoms with E-state index in [0.29, 0.717) is 39.8 Å². The van der Waals surface area contributed by atoms with Gasteiger partial charge in [0.15, 0.2) is 0 Å². The van der Waals surface area contributed by atoms with Crippen molar-refractivity contribution in [3.05, 3.63) is 0 Å². The van der Waals surface area contributed by atoms with Gasteiger partial charge in [-0.25, -0.2) is 11.3 Å². The van der Waals surface area contributed by atoms with Crippen molar-refractivity contribution in [2.75, 3.05) is 39.8 Å². The second-order valence-electron chi connectivity index (χ2n) is 2.34. The highest BCUT2D eigenvalue weighted by Crippen LogP contribution is 1.73. The van der Waals surface area contributed by atoms with Crippen molar-refractivity contribution in [1.29, 1.82) is 0 Å². The average molecular weight is 224 g/mol. The first kappa shape index (κ1) is 14.7. The normalized spacial score (nSPS) is 10.8. The van der Waals surface area contributed by atoms with Crippen LogP contribution in [0, 0.1) is 0 Å². The summed E-state index contributed by atoms with van der Waals surface area (Å²) in [7, 11) is 0. The second-order valence-corrected chi connectivity index (χ2v) is 2.34. The maximum Gasteiger partial charge on any atom is 0.111 e. The van der Waals surface area contributed by atoms with E-state index >= 15 is 0 Å². The molecule has 8 heteroatoms. The summed E-state index contributed by atoms with van der Waals surface area (Å²) in [6.07, 6.45) is 0. The predicted molar refractivity (Wildman–Crippen MR) is 52.8 cm³/mol. The molecule has 0 heterocycles. The number of ether oxygens (including phenoxy) is 2. The van der Waals surface area contributed by atoms with Crippen LogP contribution in [0.2, 0.25) is 0 Å². The monoisotopic (exact) mass is 224 g/mol. The van der Waals surface area contributed by atoms with Crippen molar-refractivity contribution in [2.45, 2.75) is 6.92 Å². The summed E-state index contributed by atoms with van der Waals surface area (Å²) < 4.78 is 10.1. The van der Waals surface area contributed by atoms with Gasteiger partial charge in [-0.05, 0) is 6.92 Å². The maximum atomic E-state index is 5.06. The fourth-order valence-electron chi connectivity index (χ4n) is 0.659. The molecule has 5 N–H and O–H groups in total. The lowest BCUT2D eigenvalue weighted by Gasteiger charge is -2.08. The van der Waals surface area contributed by atoms with E-state index in [9.17, 15) is 0 Å². The molecule has 0 bridgehead atoms. The maximum absolute atomic E-state index is 5.06. The van der Waals surface area contributed by atoms with Gasteiger partial charge in [0.2, 0.25) is 0 Å². The lowest BCUT2D eigenvalue weighted by Crippen LogP contribution is -2.35. The molecule has 0 saturated carbocycles. The Morgan fingerprint density at radius 1 is 1.00 bits per heavy atom. The van der Waals surface area contributed by atoms with E-state index in [-0.39, 0.29) is 0 Å². The van der Waals surface area contributed by atoms with Gasteiger partial charge in [-0.1, -0.05) is 0 Å². The van der Waals surface area contributed by atoms with E-state index < -0.39 is 0 Å². The van der Waals surface area contributed by atoms with E-state index in [4.69, 9.17) is 20.2 Å². The standard InChI is InChI=1S/C7H20N4O4/c1-2-12-3-6-15-11-9-7-13-4-5-14-10-8/h9-11H,2-8H2,1H3. The molecule has 0 aromatic rings. The fraction of sp³-hybridized carbons (Fsp3) is 1.00. The van der Waals surface area contributed by atoms with Crippen LogP contribution in [0.3, 0.4) is 0 Å². The Bertz CT molecular complexity index is 107. The first-order chi connectivity index (χ1) is 7.41. The first-order valence-corrected chi connectivity index (χ1v) is 4.74. The zero-order valence-corrected chi connectivity index (χ0v) is 8.95. The number of rotatable bonds is 12. The largest absolute Gasteiger partial charge is 0.379 e. The molecule has 0 aliphatic heterocycles. The van der Waals surface area contributed by atoms with Crippen molar-refractivity contribution >= 4 is 0 Å². The minimum atomic E-state index is 0.308. The molecule has 0 spiro atoms. The van der Waals surface area contributed by atoms with E-state index in [0.717, 1.165) is 0 Å². The average Bonchev–Trinajstić information content (AvgIpc) is 2.26. The van der Waals surface area contributed by atoms with Gasteiger partial charge >= 0.3 is 0 Å². The van der Waals surface area contributed by atoms with Gasteiger partial charge in [-0.15, -0.1) is 11.2 Å². The van der Waals surface area contributed by atoms with Crippen molar-refractivity contribution in [3.8, 4) is 0 Å². The summed E-state index contributed by atoms with van der Waals surface area (Å²) in [5.41, 5.74) is 7.22. The van der Waals surface area contributed by atoms with Gasteiger partial charge in [0, 0.05) is 6.61 Å². The molecule has 0 rings (SSSR count). The second kappa shape index (κ2) is 13.7. The number of nitrogens with one attached hydrogen (secondary N) is 3. The van der Waals surface area contributed by atoms with Crippen LogP contribution in [0.15, 0.2) is 0 Å². The molecule has 0 aliphatic carbocycles. The summed E-state index contributed by atoms with van der Waals surface area (Å²) >= 11 is 0. The third kappa shape index (κ3) is 13.7. The summed E-state index contributed by atoms with van der Waals surface area (Å²) in [6, 6.07) is 0. The Morgan fingerprint density at radius 3 is 2.47 bits per heavy atom. The zero-order valence-electron chi connectivity index (χ0n) is 8.95. The van der Waals surface area contributed by atoms with Crippen LogP contribution in [-0.4, -0.2) is 39.8 Å². The van der Waals surface area contributed by atoms with Gasteiger partial charge in [-0.2, -0.15) is 0 Å². The Kier molecular flexibility index (Phi) is 13.4. The summed E-state index contributed by atoms with van der Waals surface area (Å²) in [5, 5.41) is 0. The van der Waals surface area contributed by atoms with E-state index in [1.807, 2.05) is 12.5 Å². The number of hydrazine groups is 2. The van der Waals surface area contributed by atoms with Crippen molar-refractivity contribution in [3.63, 3.8) is 0 Å². The van der Waals surface area contributed by atoms with Crippen LogP contribution in [0.4, 0.5) is 0 Å². The molecule has 0 aromatic carbocycles. The Hall–Kier alpha value is -0.320. The highest BCUT2D eigenvalue weighted by Gasteiger charge is 1.88. The van der Waals surface area contributed by atoms with Crippen LogP contribution in [-0.2, 0) is 19.1 Å². The summed E-state index contributed by atoms with van der Waals surface area (Å²) in [6.45, 7) is 4.76. The highest BCUT2D eigenvalue weighted by atomic mass is 16.7. The molecule has 0 radical (unpaired) electrons. The number of hydrogen-bond acceptors (Lipinski definition) is 8. The Morgan fingerprint density at radius 2 is 1.73 bits per heavy atom. The predicted octanol–water partition coefficient (Wildman–Crippen LogP) is -1.58. The van der Waals surface area contributed by atoms with Gasteiger partial charge in [0.1, 0.15) is 6.73 Å². The third-order valence-electron chi connectivity index (χ3n) is 1.27. The molecule has 0 saturated heterocycles. The van der Waals surface area contributed by atoms with Crippen LogP contribution < -0.4 is 22.4 Å². The zero-order chi connectivity index (χ0) is 11.2. The third-order valence-corrected chi connectivity index (χ3v) is 1.27. The van der Waals surface area contributed by atoms with Crippen molar-refractivity contribution in [2.24, 2.45) is 5.84 Å². The van der Waals surface area contributed by atoms with Gasteiger partial charge in [0.25, 0.3) is 0 Å². The first-order valence-electron chi connectivity index (χ1n) is 4.74. The Balaban J connectivity index is 2.81. The van der Waals surface area contributed by atoms with Crippen LogP contribution in [0.1, 0.15) is 6.92 Å². The van der Waals surface area contributed by atoms with E-state index in [2.05, 4.69) is 15.9 Å². The number of nitrogens with two attached hydrogens (primary N) is 1. The Labute approximate surface area is 89.2 Å². The summed E-state index contributed by atoms with van der Waals surface area (Å²) in [5.74, 6) is 4.86. The van der Waals surface area contributed by atoms with E-state index in [1.165, 1.54) is 0 Å². The lowest BCUT2D eigenvalue weighted by atomic mass is 10.7. The van der Waals surface area contributed by atoms with Crippen LogP contribution in [0.25, 0.3) is 0 Å². The van der Waals surface area contributed by atoms with E-state index in [1.54, 1.807) is 0 Å². The fourth-order valence-corrected chi connectivity index (χ4v) is 0.659. The topological polar surface area (TPSA) is 99.0 Å². The molecule has 0 unspecified atom stereocenters. The SMILES string of the molecule is CCOCCONNCOCCONN. The molecule has 0 atom stereocenters. The molecule has 0 amide bonds. The quantitative estimate of drug-likeness (QED) is 0.136. The van der Waals surface area contributed by atoms with Gasteiger partial charge in [-0.3, -0.25) is 9.68 Å². The van der Waals surface area contributed by atoms with Crippen molar-refractivity contribution < 1.29 is 19.1 Å². The molecule has 0 aliphatic rings. The molecule has 92 valence electrons. The van der Waals surface area contributed by atoms with Crippen LogP contribution in [0.5, 0.6) is 0 Å². The molecular weight excluding hydrogens is 204 g/mol. The van der Waals surface area contributed by atoms with Gasteiger partial charge in [0.05, 0.1) is 26.4 Å². The number of hydrogen-bond donors (Lipinski definition) is 4. The highest BCUT2D eigenvalue weighted by molar-refractivity contribution is 4.26. The lowest BCUT2D eigenvalue weighted by molar-refractivity contribution is -0.0543. The smallest absolute Gasteiger partial charge is 0.111 e. The minimum absolute atomic E-state index is 0.308. The molecule has 0 fully saturated rings. The minimum Gasteiger partial charge on any atom is -0.379 e. The van der Waals surface area contributed by atoms with Crippen molar-refractivity contribution in [1.82, 2.24) is 16.6 Å². The van der Waals surface area contributed by atoms with Gasteiger partial charge < -0.3 is 9.47 Å². The van der Waals surface area contributed by atoms with Crippen LogP contribution >= 0.6 is 0 Å². The molecule has 8 nitrogen and oxygen atoms in total.